The minimum atomic E-state index is -2.66. The van der Waals surface area contributed by atoms with Gasteiger partial charge in [0.25, 0.3) is 0 Å². The van der Waals surface area contributed by atoms with Crippen molar-refractivity contribution in [1.29, 1.82) is 0 Å². The van der Waals surface area contributed by atoms with Crippen LogP contribution in [0.3, 0.4) is 0 Å². The van der Waals surface area contributed by atoms with Crippen molar-refractivity contribution in [1.82, 2.24) is 4.90 Å². The SMILES string of the molecule is COC[C@]1(CC(N)=O)CN(C(=O)C2CCC(F)(F)CC2)CCO1. The van der Waals surface area contributed by atoms with Gasteiger partial charge in [0.2, 0.25) is 17.7 Å². The number of hydrogen-bond donors (Lipinski definition) is 1. The quantitative estimate of drug-likeness (QED) is 0.811. The molecule has 1 saturated heterocycles. The van der Waals surface area contributed by atoms with E-state index in [1.165, 1.54) is 7.11 Å². The molecule has 6 nitrogen and oxygen atoms in total. The van der Waals surface area contributed by atoms with Crippen LogP contribution < -0.4 is 5.73 Å². The second-order valence-electron chi connectivity index (χ2n) is 6.50. The maximum atomic E-state index is 13.2. The van der Waals surface area contributed by atoms with E-state index in [2.05, 4.69) is 0 Å². The first-order valence-corrected chi connectivity index (χ1v) is 7.85. The van der Waals surface area contributed by atoms with Gasteiger partial charge in [0.1, 0.15) is 5.60 Å². The Hall–Kier alpha value is -1.28. The molecule has 1 saturated carbocycles. The molecule has 1 aliphatic carbocycles. The molecule has 132 valence electrons. The van der Waals surface area contributed by atoms with Crippen molar-refractivity contribution in [3.8, 4) is 0 Å². The van der Waals surface area contributed by atoms with Crippen LogP contribution in [-0.2, 0) is 19.1 Å². The number of carbonyl (C=O) groups excluding carboxylic acids is 2. The minimum Gasteiger partial charge on any atom is -0.382 e. The topological polar surface area (TPSA) is 81.9 Å². The van der Waals surface area contributed by atoms with Crippen LogP contribution in [0.5, 0.6) is 0 Å². The van der Waals surface area contributed by atoms with E-state index in [-0.39, 0.29) is 63.7 Å². The summed E-state index contributed by atoms with van der Waals surface area (Å²) in [5.74, 6) is -3.72. The smallest absolute Gasteiger partial charge is 0.248 e. The molecule has 8 heteroatoms. The summed E-state index contributed by atoms with van der Waals surface area (Å²) < 4.78 is 37.3. The molecule has 1 aliphatic heterocycles. The predicted molar refractivity (Wildman–Crippen MR) is 77.9 cm³/mol. The molecule has 2 amide bonds. The Morgan fingerprint density at radius 3 is 2.57 bits per heavy atom. The maximum Gasteiger partial charge on any atom is 0.248 e. The van der Waals surface area contributed by atoms with Gasteiger partial charge < -0.3 is 20.1 Å². The summed E-state index contributed by atoms with van der Waals surface area (Å²) in [5.41, 5.74) is 4.32. The van der Waals surface area contributed by atoms with Crippen LogP contribution in [0.15, 0.2) is 0 Å². The number of methoxy groups -OCH3 is 1. The van der Waals surface area contributed by atoms with E-state index in [4.69, 9.17) is 15.2 Å². The number of primary amides is 1. The highest BCUT2D eigenvalue weighted by Gasteiger charge is 2.43. The molecule has 0 aromatic heterocycles. The van der Waals surface area contributed by atoms with Crippen molar-refractivity contribution in [2.45, 2.75) is 43.6 Å². The van der Waals surface area contributed by atoms with Gasteiger partial charge in [0.05, 0.1) is 26.2 Å². The molecule has 0 aromatic rings. The monoisotopic (exact) mass is 334 g/mol. The number of carbonyl (C=O) groups is 2. The normalized spacial score (nSPS) is 28.6. The van der Waals surface area contributed by atoms with Crippen molar-refractivity contribution >= 4 is 11.8 Å². The van der Waals surface area contributed by atoms with E-state index < -0.39 is 17.4 Å². The Kier molecular flexibility index (Phi) is 5.57. The lowest BCUT2D eigenvalue weighted by molar-refractivity contribution is -0.170. The van der Waals surface area contributed by atoms with Gasteiger partial charge in [-0.3, -0.25) is 9.59 Å². The maximum absolute atomic E-state index is 13.2. The van der Waals surface area contributed by atoms with Crippen LogP contribution >= 0.6 is 0 Å². The lowest BCUT2D eigenvalue weighted by Crippen LogP contribution is -2.58. The van der Waals surface area contributed by atoms with Gasteiger partial charge in [-0.2, -0.15) is 0 Å². The molecule has 1 heterocycles. The molecule has 0 bridgehead atoms. The second-order valence-corrected chi connectivity index (χ2v) is 6.50. The van der Waals surface area contributed by atoms with Crippen molar-refractivity contribution in [2.75, 3.05) is 33.4 Å². The molecule has 0 aromatic carbocycles. The lowest BCUT2D eigenvalue weighted by atomic mass is 9.85. The van der Waals surface area contributed by atoms with Gasteiger partial charge in [-0.1, -0.05) is 0 Å². The van der Waals surface area contributed by atoms with Crippen molar-refractivity contribution in [3.05, 3.63) is 0 Å². The summed E-state index contributed by atoms with van der Waals surface area (Å²) in [6.45, 7) is 0.985. The highest BCUT2D eigenvalue weighted by molar-refractivity contribution is 5.79. The molecule has 23 heavy (non-hydrogen) atoms. The Morgan fingerprint density at radius 1 is 1.35 bits per heavy atom. The number of hydrogen-bond acceptors (Lipinski definition) is 4. The van der Waals surface area contributed by atoms with Gasteiger partial charge in [-0.15, -0.1) is 0 Å². The largest absolute Gasteiger partial charge is 0.382 e. The number of morpholine rings is 1. The first-order valence-electron chi connectivity index (χ1n) is 7.85. The zero-order chi connectivity index (χ0) is 17.1. The summed E-state index contributed by atoms with van der Waals surface area (Å²) in [4.78, 5) is 25.5. The van der Waals surface area contributed by atoms with Crippen LogP contribution in [0, 0.1) is 5.92 Å². The molecule has 0 unspecified atom stereocenters. The van der Waals surface area contributed by atoms with Gasteiger partial charge in [0, 0.05) is 32.4 Å². The van der Waals surface area contributed by atoms with Crippen LogP contribution in [0.4, 0.5) is 8.78 Å². The van der Waals surface area contributed by atoms with Gasteiger partial charge >= 0.3 is 0 Å². The summed E-state index contributed by atoms with van der Waals surface area (Å²) in [6, 6.07) is 0. The van der Waals surface area contributed by atoms with E-state index in [9.17, 15) is 18.4 Å². The fourth-order valence-electron chi connectivity index (χ4n) is 3.40. The second kappa shape index (κ2) is 7.09. The van der Waals surface area contributed by atoms with Crippen LogP contribution in [0.25, 0.3) is 0 Å². The van der Waals surface area contributed by atoms with E-state index in [1.807, 2.05) is 0 Å². The Balaban J connectivity index is 2.01. The van der Waals surface area contributed by atoms with E-state index >= 15 is 0 Å². The molecule has 2 rings (SSSR count). The van der Waals surface area contributed by atoms with Gasteiger partial charge in [-0.05, 0) is 12.8 Å². The molecule has 0 radical (unpaired) electrons. The number of alkyl halides is 2. The highest BCUT2D eigenvalue weighted by Crippen LogP contribution is 2.37. The van der Waals surface area contributed by atoms with E-state index in [1.54, 1.807) is 4.90 Å². The van der Waals surface area contributed by atoms with Crippen molar-refractivity contribution in [3.63, 3.8) is 0 Å². The predicted octanol–water partition coefficient (Wildman–Crippen LogP) is 0.931. The Bertz CT molecular complexity index is 447. The molecule has 0 spiro atoms. The molecule has 2 aliphatic rings. The fourth-order valence-corrected chi connectivity index (χ4v) is 3.40. The zero-order valence-electron chi connectivity index (χ0n) is 13.4. The molecule has 2 N–H and O–H groups in total. The number of amides is 2. The number of nitrogens with zero attached hydrogens (tertiary/aromatic N) is 1. The molecular weight excluding hydrogens is 310 g/mol. The number of halogens is 2. The number of rotatable bonds is 5. The highest BCUT2D eigenvalue weighted by atomic mass is 19.3. The van der Waals surface area contributed by atoms with E-state index in [0.29, 0.717) is 6.54 Å². The van der Waals surface area contributed by atoms with E-state index in [0.717, 1.165) is 0 Å². The lowest BCUT2D eigenvalue weighted by Gasteiger charge is -2.43. The minimum absolute atomic E-state index is 0.0483. The Labute approximate surface area is 134 Å². The number of ether oxygens (including phenoxy) is 2. The third kappa shape index (κ3) is 4.60. The average molecular weight is 334 g/mol. The summed E-state index contributed by atoms with van der Waals surface area (Å²) in [6.07, 6.45) is -0.170. The fraction of sp³-hybridized carbons (Fsp3) is 0.867. The van der Waals surface area contributed by atoms with Crippen LogP contribution in [-0.4, -0.2) is 61.7 Å². The average Bonchev–Trinajstić information content (AvgIpc) is 2.46. The van der Waals surface area contributed by atoms with Gasteiger partial charge in [0.15, 0.2) is 0 Å². The number of nitrogens with two attached hydrogens (primary N) is 1. The van der Waals surface area contributed by atoms with Crippen molar-refractivity contribution < 1.29 is 27.8 Å². The van der Waals surface area contributed by atoms with Crippen LogP contribution in [0.1, 0.15) is 32.1 Å². The van der Waals surface area contributed by atoms with Crippen LogP contribution in [0.2, 0.25) is 0 Å². The van der Waals surface area contributed by atoms with Gasteiger partial charge in [-0.25, -0.2) is 8.78 Å². The first-order chi connectivity index (χ1) is 10.8. The third-order valence-electron chi connectivity index (χ3n) is 4.53. The molecule has 2 fully saturated rings. The zero-order valence-corrected chi connectivity index (χ0v) is 13.4. The molecular formula is C15H24F2N2O4. The summed E-state index contributed by atoms with van der Waals surface area (Å²) in [7, 11) is 1.48. The Morgan fingerprint density at radius 2 is 2.00 bits per heavy atom. The first kappa shape index (κ1) is 18.1. The summed E-state index contributed by atoms with van der Waals surface area (Å²) in [5, 5.41) is 0. The molecule has 1 atom stereocenters. The summed E-state index contributed by atoms with van der Waals surface area (Å²) >= 11 is 0. The van der Waals surface area contributed by atoms with Crippen molar-refractivity contribution in [2.24, 2.45) is 11.7 Å². The third-order valence-corrected chi connectivity index (χ3v) is 4.53. The standard InChI is InChI=1S/C15H24F2N2O4/c1-22-10-14(8-12(18)20)9-19(6-7-23-14)13(21)11-2-4-15(16,17)5-3-11/h11H,2-10H2,1H3,(H2,18,20)/t14-/m0/s1.